The van der Waals surface area contributed by atoms with Crippen LogP contribution in [-0.4, -0.2) is 12.1 Å². The Bertz CT molecular complexity index is 659. The minimum atomic E-state index is -0.0448. The average Bonchev–Trinajstić information content (AvgIpc) is 2.48. The second-order valence-corrected chi connectivity index (χ2v) is 7.29. The van der Waals surface area contributed by atoms with Crippen LogP contribution in [0.15, 0.2) is 29.8 Å². The fourth-order valence-corrected chi connectivity index (χ4v) is 4.33. The number of nitrogens with one attached hydrogen (secondary N) is 2. The summed E-state index contributed by atoms with van der Waals surface area (Å²) in [7, 11) is 0. The molecular weight excluding hydrogens is 260 g/mol. The fourth-order valence-electron chi connectivity index (χ4n) is 4.33. The van der Waals surface area contributed by atoms with Crippen molar-refractivity contribution < 1.29 is 4.79 Å². The largest absolute Gasteiger partial charge is 0.361 e. The molecule has 0 radical (unpaired) electrons. The molecule has 0 aromatic heterocycles. The molecule has 1 amide bonds. The van der Waals surface area contributed by atoms with Crippen molar-refractivity contribution in [3.8, 4) is 0 Å². The number of amides is 1. The third kappa shape index (κ3) is 1.69. The van der Waals surface area contributed by atoms with Crippen molar-refractivity contribution in [2.45, 2.75) is 39.8 Å². The van der Waals surface area contributed by atoms with Crippen LogP contribution in [-0.2, 0) is 0 Å². The number of para-hydroxylation sites is 1. The van der Waals surface area contributed by atoms with Crippen molar-refractivity contribution >= 4 is 11.6 Å². The second kappa shape index (κ2) is 4.12. The lowest BCUT2D eigenvalue weighted by molar-refractivity contribution is -0.0100. The van der Waals surface area contributed by atoms with E-state index in [0.29, 0.717) is 11.3 Å². The highest BCUT2D eigenvalue weighted by molar-refractivity contribution is 6.02. The zero-order valence-corrected chi connectivity index (χ0v) is 12.9. The van der Waals surface area contributed by atoms with Gasteiger partial charge in [-0.2, -0.15) is 0 Å². The number of carbonyl (C=O) groups is 1. The molecule has 1 aromatic carbocycles. The van der Waals surface area contributed by atoms with Gasteiger partial charge in [-0.3, -0.25) is 4.79 Å². The molecule has 1 aromatic rings. The standard InChI is InChI=1S/C18H22N2O/c1-10-5-4-6-13-15(10)19-16(20-17(13)21)12-8-7-11-9-14(12)18(11,2)3/h4-6,8,11,14,16,19H,7,9H2,1-3H3,(H,20,21). The number of allylic oxidation sites excluding steroid dienone is 1. The van der Waals surface area contributed by atoms with Gasteiger partial charge in [-0.05, 0) is 54.2 Å². The van der Waals surface area contributed by atoms with E-state index in [1.54, 1.807) is 0 Å². The maximum Gasteiger partial charge on any atom is 0.255 e. The van der Waals surface area contributed by atoms with E-state index in [1.807, 2.05) is 12.1 Å². The van der Waals surface area contributed by atoms with Crippen LogP contribution < -0.4 is 10.6 Å². The molecule has 1 fully saturated rings. The molecule has 2 N–H and O–H groups in total. The normalized spacial score (nSPS) is 32.2. The van der Waals surface area contributed by atoms with Crippen molar-refractivity contribution in [3.05, 3.63) is 41.0 Å². The highest BCUT2D eigenvalue weighted by Crippen LogP contribution is 2.59. The fraction of sp³-hybridized carbons (Fsp3) is 0.500. The molecule has 21 heavy (non-hydrogen) atoms. The Labute approximate surface area is 125 Å². The minimum Gasteiger partial charge on any atom is -0.361 e. The molecule has 5 rings (SSSR count). The Morgan fingerprint density at radius 2 is 2.05 bits per heavy atom. The van der Waals surface area contributed by atoms with Gasteiger partial charge in [0.05, 0.1) is 11.3 Å². The molecule has 1 saturated carbocycles. The van der Waals surface area contributed by atoms with Gasteiger partial charge < -0.3 is 10.6 Å². The van der Waals surface area contributed by atoms with Crippen LogP contribution in [0.4, 0.5) is 5.69 Å². The Balaban J connectivity index is 1.69. The number of anilines is 1. The quantitative estimate of drug-likeness (QED) is 0.774. The summed E-state index contributed by atoms with van der Waals surface area (Å²) in [6, 6.07) is 5.88. The van der Waals surface area contributed by atoms with Gasteiger partial charge in [0.25, 0.3) is 5.91 Å². The monoisotopic (exact) mass is 282 g/mol. The number of carbonyl (C=O) groups excluding carboxylic acids is 1. The summed E-state index contributed by atoms with van der Waals surface area (Å²) in [6.07, 6.45) is 4.73. The summed E-state index contributed by atoms with van der Waals surface area (Å²) in [5, 5.41) is 6.70. The number of hydrogen-bond donors (Lipinski definition) is 2. The smallest absolute Gasteiger partial charge is 0.255 e. The predicted molar refractivity (Wildman–Crippen MR) is 84.1 cm³/mol. The lowest BCUT2D eigenvalue weighted by atomic mass is 9.48. The van der Waals surface area contributed by atoms with Gasteiger partial charge in [0.1, 0.15) is 6.17 Å². The van der Waals surface area contributed by atoms with Crippen molar-refractivity contribution in [2.75, 3.05) is 5.32 Å². The molecule has 1 aliphatic heterocycles. The van der Waals surface area contributed by atoms with E-state index < -0.39 is 0 Å². The first kappa shape index (κ1) is 12.9. The maximum absolute atomic E-state index is 12.4. The Morgan fingerprint density at radius 3 is 2.76 bits per heavy atom. The molecule has 3 unspecified atom stereocenters. The molecule has 3 heteroatoms. The van der Waals surface area contributed by atoms with Gasteiger partial charge in [-0.1, -0.05) is 32.1 Å². The van der Waals surface area contributed by atoms with Crippen molar-refractivity contribution in [1.29, 1.82) is 0 Å². The van der Waals surface area contributed by atoms with E-state index >= 15 is 0 Å². The van der Waals surface area contributed by atoms with E-state index in [4.69, 9.17) is 0 Å². The van der Waals surface area contributed by atoms with Crippen LogP contribution in [0.2, 0.25) is 0 Å². The molecule has 0 saturated heterocycles. The van der Waals surface area contributed by atoms with Crippen molar-refractivity contribution in [3.63, 3.8) is 0 Å². The van der Waals surface area contributed by atoms with Gasteiger partial charge >= 0.3 is 0 Å². The number of fused-ring (bicyclic) bond motifs is 2. The van der Waals surface area contributed by atoms with Crippen LogP contribution in [0.5, 0.6) is 0 Å². The predicted octanol–water partition coefficient (Wildman–Crippen LogP) is 3.47. The maximum atomic E-state index is 12.4. The Kier molecular flexibility index (Phi) is 2.54. The lowest BCUT2D eigenvalue weighted by Gasteiger charge is -2.57. The molecule has 0 spiro atoms. The summed E-state index contributed by atoms with van der Waals surface area (Å²) in [4.78, 5) is 12.4. The molecule has 2 bridgehead atoms. The first-order valence-electron chi connectivity index (χ1n) is 7.85. The van der Waals surface area contributed by atoms with Gasteiger partial charge in [0.15, 0.2) is 0 Å². The Hall–Kier alpha value is -1.77. The van der Waals surface area contributed by atoms with Crippen LogP contribution >= 0.6 is 0 Å². The van der Waals surface area contributed by atoms with Crippen LogP contribution in [0.25, 0.3) is 0 Å². The molecule has 110 valence electrons. The number of aryl methyl sites for hydroxylation is 1. The number of hydrogen-bond acceptors (Lipinski definition) is 2. The van der Waals surface area contributed by atoms with Crippen LogP contribution in [0.1, 0.15) is 42.6 Å². The van der Waals surface area contributed by atoms with E-state index in [1.165, 1.54) is 12.0 Å². The average molecular weight is 282 g/mol. The minimum absolute atomic E-state index is 0.0394. The number of rotatable bonds is 1. The highest BCUT2D eigenvalue weighted by atomic mass is 16.2. The first-order chi connectivity index (χ1) is 9.98. The third-order valence-corrected chi connectivity index (χ3v) is 5.93. The van der Waals surface area contributed by atoms with E-state index in [9.17, 15) is 4.79 Å². The van der Waals surface area contributed by atoms with E-state index in [0.717, 1.165) is 29.2 Å². The number of benzene rings is 1. The summed E-state index contributed by atoms with van der Waals surface area (Å²) in [5.74, 6) is 1.46. The van der Waals surface area contributed by atoms with Crippen LogP contribution in [0, 0.1) is 24.2 Å². The summed E-state index contributed by atoms with van der Waals surface area (Å²) in [6.45, 7) is 6.78. The zero-order valence-electron chi connectivity index (χ0n) is 12.9. The molecule has 1 heterocycles. The van der Waals surface area contributed by atoms with Crippen molar-refractivity contribution in [2.24, 2.45) is 17.3 Å². The second-order valence-electron chi connectivity index (χ2n) is 7.29. The SMILES string of the molecule is Cc1cccc2c1NC(C1=CCC3CC1C3(C)C)NC2=O. The summed E-state index contributed by atoms with van der Waals surface area (Å²) < 4.78 is 0. The Morgan fingerprint density at radius 1 is 1.24 bits per heavy atom. The van der Waals surface area contributed by atoms with Gasteiger partial charge in [-0.15, -0.1) is 0 Å². The summed E-state index contributed by atoms with van der Waals surface area (Å²) in [5.41, 5.74) is 4.64. The highest BCUT2D eigenvalue weighted by Gasteiger charge is 2.53. The topological polar surface area (TPSA) is 41.1 Å². The molecule has 3 aliphatic carbocycles. The lowest BCUT2D eigenvalue weighted by Crippen LogP contribution is -2.55. The van der Waals surface area contributed by atoms with Crippen LogP contribution in [0.3, 0.4) is 0 Å². The zero-order chi connectivity index (χ0) is 14.8. The molecule has 4 aliphatic rings. The van der Waals surface area contributed by atoms with Gasteiger partial charge in [-0.25, -0.2) is 0 Å². The van der Waals surface area contributed by atoms with Gasteiger partial charge in [0.2, 0.25) is 0 Å². The van der Waals surface area contributed by atoms with Crippen molar-refractivity contribution in [1.82, 2.24) is 5.32 Å². The molecular formula is C18H22N2O. The first-order valence-corrected chi connectivity index (χ1v) is 7.85. The van der Waals surface area contributed by atoms with E-state index in [-0.39, 0.29) is 12.1 Å². The molecule has 3 nitrogen and oxygen atoms in total. The van der Waals surface area contributed by atoms with E-state index in [2.05, 4.69) is 43.5 Å². The third-order valence-electron chi connectivity index (χ3n) is 5.93. The molecule has 3 atom stereocenters. The van der Waals surface area contributed by atoms with Gasteiger partial charge in [0, 0.05) is 0 Å². The summed E-state index contributed by atoms with van der Waals surface area (Å²) >= 11 is 0.